The number of nitrogens with one attached hydrogen (secondary N) is 2. The first-order valence-corrected chi connectivity index (χ1v) is 11.6. The van der Waals surface area contributed by atoms with E-state index in [1.807, 2.05) is 29.2 Å². The fraction of sp³-hybridized carbons (Fsp3) is 0.667. The number of fused-ring (bicyclic) bond motifs is 2. The van der Waals surface area contributed by atoms with Gasteiger partial charge in [-0.25, -0.2) is 4.79 Å². The highest BCUT2D eigenvalue weighted by Crippen LogP contribution is 2.44. The molecule has 3 amide bonds. The number of likely N-dealkylation sites (tertiary alicyclic amines) is 2. The van der Waals surface area contributed by atoms with Gasteiger partial charge in [-0.05, 0) is 42.9 Å². The van der Waals surface area contributed by atoms with E-state index in [1.165, 1.54) is 5.56 Å². The van der Waals surface area contributed by atoms with Crippen LogP contribution in [0, 0.1) is 17.8 Å². The Morgan fingerprint density at radius 1 is 1.23 bits per heavy atom. The minimum Gasteiger partial charge on any atom is -0.497 e. The molecule has 0 radical (unpaired) electrons. The molecule has 1 aromatic carbocycles. The maximum atomic E-state index is 12.7. The van der Waals surface area contributed by atoms with Gasteiger partial charge < -0.3 is 25.2 Å². The summed E-state index contributed by atoms with van der Waals surface area (Å²) in [6.45, 7) is 9.40. The number of piperidine rings is 1. The molecule has 0 aliphatic carbocycles. The zero-order chi connectivity index (χ0) is 22.0. The Morgan fingerprint density at radius 3 is 2.58 bits per heavy atom. The van der Waals surface area contributed by atoms with E-state index in [0.717, 1.165) is 44.6 Å². The number of hydrogen-bond donors (Lipinski definition) is 2. The number of nitrogens with zero attached hydrogens (tertiary/aromatic N) is 2. The minimum atomic E-state index is -0.132. The highest BCUT2D eigenvalue weighted by molar-refractivity contribution is 5.84. The second-order valence-corrected chi connectivity index (χ2v) is 9.79. The number of ether oxygens (including phenoxy) is 1. The summed E-state index contributed by atoms with van der Waals surface area (Å²) in [6.07, 6.45) is 2.49. The van der Waals surface area contributed by atoms with Crippen molar-refractivity contribution in [2.24, 2.45) is 17.8 Å². The van der Waals surface area contributed by atoms with Gasteiger partial charge in [-0.15, -0.1) is 0 Å². The van der Waals surface area contributed by atoms with E-state index in [0.29, 0.717) is 31.5 Å². The average Bonchev–Trinajstić information content (AvgIpc) is 3.28. The van der Waals surface area contributed by atoms with Gasteiger partial charge in [0.25, 0.3) is 0 Å². The summed E-state index contributed by atoms with van der Waals surface area (Å²) in [4.78, 5) is 29.7. The van der Waals surface area contributed by atoms with Crippen molar-refractivity contribution >= 4 is 11.9 Å². The van der Waals surface area contributed by atoms with Crippen LogP contribution in [-0.4, -0.2) is 73.7 Å². The summed E-state index contributed by atoms with van der Waals surface area (Å²) in [5.41, 5.74) is 1.04. The normalized spacial score (nSPS) is 25.0. The molecule has 31 heavy (non-hydrogen) atoms. The molecule has 0 saturated carbocycles. The van der Waals surface area contributed by atoms with Crippen LogP contribution in [0.4, 0.5) is 4.79 Å². The van der Waals surface area contributed by atoms with Crippen molar-refractivity contribution < 1.29 is 14.3 Å². The van der Waals surface area contributed by atoms with Crippen LogP contribution >= 0.6 is 0 Å². The van der Waals surface area contributed by atoms with E-state index in [4.69, 9.17) is 4.74 Å². The second kappa shape index (κ2) is 9.07. The Labute approximate surface area is 185 Å². The number of rotatable bonds is 6. The van der Waals surface area contributed by atoms with E-state index in [9.17, 15) is 9.59 Å². The van der Waals surface area contributed by atoms with Gasteiger partial charge in [0.1, 0.15) is 5.75 Å². The van der Waals surface area contributed by atoms with E-state index >= 15 is 0 Å². The fourth-order valence-corrected chi connectivity index (χ4v) is 5.63. The molecule has 3 aliphatic rings. The lowest BCUT2D eigenvalue weighted by Crippen LogP contribution is -2.57. The summed E-state index contributed by atoms with van der Waals surface area (Å²) in [6, 6.07) is 7.93. The van der Waals surface area contributed by atoms with Gasteiger partial charge >= 0.3 is 6.03 Å². The summed E-state index contributed by atoms with van der Waals surface area (Å²) in [5.74, 6) is 2.16. The lowest BCUT2D eigenvalue weighted by atomic mass is 9.75. The molecule has 4 rings (SSSR count). The Morgan fingerprint density at radius 2 is 1.94 bits per heavy atom. The fourth-order valence-electron chi connectivity index (χ4n) is 5.63. The number of benzene rings is 1. The molecule has 2 N–H and O–H groups in total. The third kappa shape index (κ3) is 4.66. The summed E-state index contributed by atoms with van der Waals surface area (Å²) < 4.78 is 5.18. The first-order valence-electron chi connectivity index (χ1n) is 11.6. The second-order valence-electron chi connectivity index (χ2n) is 9.79. The third-order valence-electron chi connectivity index (χ3n) is 7.23. The summed E-state index contributed by atoms with van der Waals surface area (Å²) in [5, 5.41) is 6.40. The Balaban J connectivity index is 1.26. The van der Waals surface area contributed by atoms with Crippen LogP contribution in [0.15, 0.2) is 24.3 Å². The van der Waals surface area contributed by atoms with Crippen molar-refractivity contribution in [1.82, 2.24) is 20.4 Å². The van der Waals surface area contributed by atoms with E-state index in [2.05, 4.69) is 29.4 Å². The molecule has 0 aromatic heterocycles. The number of urea groups is 1. The zero-order valence-electron chi connectivity index (χ0n) is 19.0. The van der Waals surface area contributed by atoms with Crippen LogP contribution in [-0.2, 0) is 11.2 Å². The van der Waals surface area contributed by atoms with Crippen LogP contribution in [0.5, 0.6) is 5.75 Å². The van der Waals surface area contributed by atoms with Crippen LogP contribution < -0.4 is 15.4 Å². The van der Waals surface area contributed by atoms with Crippen molar-refractivity contribution in [2.75, 3.05) is 46.4 Å². The monoisotopic (exact) mass is 428 g/mol. The summed E-state index contributed by atoms with van der Waals surface area (Å²) in [7, 11) is 1.66. The van der Waals surface area contributed by atoms with Gasteiger partial charge in [-0.1, -0.05) is 26.0 Å². The molecule has 2 atom stereocenters. The molecule has 0 bridgehead atoms. The van der Waals surface area contributed by atoms with Gasteiger partial charge in [0.15, 0.2) is 0 Å². The van der Waals surface area contributed by atoms with Crippen molar-refractivity contribution in [1.29, 1.82) is 0 Å². The van der Waals surface area contributed by atoms with E-state index in [-0.39, 0.29) is 23.4 Å². The molecule has 3 aliphatic heterocycles. The van der Waals surface area contributed by atoms with Crippen molar-refractivity contribution in [2.45, 2.75) is 38.6 Å². The smallest absolute Gasteiger partial charge is 0.317 e. The number of methoxy groups -OCH3 is 1. The zero-order valence-corrected chi connectivity index (χ0v) is 19.0. The van der Waals surface area contributed by atoms with Gasteiger partial charge in [0.2, 0.25) is 5.91 Å². The van der Waals surface area contributed by atoms with Crippen LogP contribution in [0.3, 0.4) is 0 Å². The van der Waals surface area contributed by atoms with Crippen molar-refractivity contribution in [3.05, 3.63) is 29.8 Å². The predicted octanol–water partition coefficient (Wildman–Crippen LogP) is 2.12. The molecule has 7 heteroatoms. The first-order chi connectivity index (χ1) is 14.9. The quantitative estimate of drug-likeness (QED) is 0.728. The maximum absolute atomic E-state index is 12.7. The van der Waals surface area contributed by atoms with E-state index in [1.54, 1.807) is 7.11 Å². The number of amides is 3. The van der Waals surface area contributed by atoms with Crippen LogP contribution in [0.2, 0.25) is 0 Å². The summed E-state index contributed by atoms with van der Waals surface area (Å²) >= 11 is 0. The average molecular weight is 429 g/mol. The highest BCUT2D eigenvalue weighted by Gasteiger charge is 2.57. The van der Waals surface area contributed by atoms with Gasteiger partial charge in [-0.3, -0.25) is 4.79 Å². The lowest BCUT2D eigenvalue weighted by Gasteiger charge is -2.42. The molecule has 7 nitrogen and oxygen atoms in total. The molecule has 3 saturated heterocycles. The molecular weight excluding hydrogens is 392 g/mol. The van der Waals surface area contributed by atoms with Gasteiger partial charge in [0.05, 0.1) is 13.0 Å². The molecule has 1 aromatic rings. The minimum absolute atomic E-state index is 0.00269. The van der Waals surface area contributed by atoms with Crippen molar-refractivity contribution in [3.63, 3.8) is 0 Å². The van der Waals surface area contributed by atoms with E-state index < -0.39 is 0 Å². The molecule has 3 fully saturated rings. The highest BCUT2D eigenvalue weighted by atomic mass is 16.5. The van der Waals surface area contributed by atoms with Gasteiger partial charge in [-0.2, -0.15) is 0 Å². The molecule has 0 unspecified atom stereocenters. The van der Waals surface area contributed by atoms with Crippen molar-refractivity contribution in [3.8, 4) is 5.75 Å². The number of hydrogen-bond acceptors (Lipinski definition) is 4. The SMILES string of the molecule is COc1ccc(CCNC(=O)N2CCC3(CC2)NC(=O)[C@H]2CN(CC(C)C)C[C@H]23)cc1. The topological polar surface area (TPSA) is 73.9 Å². The number of carbonyl (C=O) groups excluding carboxylic acids is 2. The van der Waals surface area contributed by atoms with Gasteiger partial charge in [0, 0.05) is 50.7 Å². The first kappa shape index (κ1) is 21.9. The molecular formula is C24H36N4O3. The Bertz CT molecular complexity index is 787. The Kier molecular flexibility index (Phi) is 6.42. The van der Waals surface area contributed by atoms with Crippen LogP contribution in [0.25, 0.3) is 0 Å². The Hall–Kier alpha value is -2.28. The largest absolute Gasteiger partial charge is 0.497 e. The molecule has 3 heterocycles. The standard InChI is InChI=1S/C24H36N4O3/c1-17(2)14-27-15-20-21(16-27)24(26-22(20)29)9-12-28(13-10-24)23(30)25-11-8-18-4-6-19(31-3)7-5-18/h4-7,17,20-21H,8-16H2,1-3H3,(H,25,30)(H,26,29)/t20-,21+/m0/s1. The molecule has 1 spiro atoms. The lowest BCUT2D eigenvalue weighted by molar-refractivity contribution is -0.123. The predicted molar refractivity (Wildman–Crippen MR) is 120 cm³/mol. The van der Waals surface area contributed by atoms with Crippen LogP contribution in [0.1, 0.15) is 32.3 Å². The molecule has 170 valence electrons. The maximum Gasteiger partial charge on any atom is 0.317 e. The third-order valence-corrected chi connectivity index (χ3v) is 7.23. The number of carbonyl (C=O) groups is 2.